The predicted octanol–water partition coefficient (Wildman–Crippen LogP) is 2.72. The van der Waals surface area contributed by atoms with Crippen molar-refractivity contribution in [3.05, 3.63) is 17.5 Å². The molecule has 2 heterocycles. The fourth-order valence-electron chi connectivity index (χ4n) is 3.36. The lowest BCUT2D eigenvalue weighted by Crippen LogP contribution is -2.65. The highest BCUT2D eigenvalue weighted by atomic mass is 15.3. The molecular formula is C17H32N4. The van der Waals surface area contributed by atoms with Crippen LogP contribution in [0.4, 0.5) is 0 Å². The van der Waals surface area contributed by atoms with E-state index < -0.39 is 0 Å². The Kier molecular flexibility index (Phi) is 4.50. The first-order chi connectivity index (χ1) is 9.64. The Labute approximate surface area is 129 Å². The first-order valence-electron chi connectivity index (χ1n) is 8.13. The van der Waals surface area contributed by atoms with Crippen molar-refractivity contribution in [1.82, 2.24) is 20.0 Å². The highest BCUT2D eigenvalue weighted by Gasteiger charge is 2.39. The van der Waals surface area contributed by atoms with E-state index >= 15 is 0 Å². The molecule has 0 radical (unpaired) electrons. The van der Waals surface area contributed by atoms with Crippen molar-refractivity contribution >= 4 is 0 Å². The Bertz CT molecular complexity index is 485. The minimum absolute atomic E-state index is 0.218. The summed E-state index contributed by atoms with van der Waals surface area (Å²) in [5.41, 5.74) is 2.90. The van der Waals surface area contributed by atoms with Gasteiger partial charge in [0, 0.05) is 38.3 Å². The Balaban J connectivity index is 2.23. The van der Waals surface area contributed by atoms with Gasteiger partial charge in [-0.05, 0) is 31.7 Å². The van der Waals surface area contributed by atoms with Gasteiger partial charge in [0.2, 0.25) is 0 Å². The summed E-state index contributed by atoms with van der Waals surface area (Å²) in [6.45, 7) is 16.8. The smallest absolute Gasteiger partial charge is 0.0597 e. The molecule has 2 atom stereocenters. The van der Waals surface area contributed by atoms with Crippen molar-refractivity contribution in [2.24, 2.45) is 12.5 Å². The van der Waals surface area contributed by atoms with Crippen LogP contribution in [0.5, 0.6) is 0 Å². The molecule has 0 amide bonds. The van der Waals surface area contributed by atoms with Gasteiger partial charge in [-0.1, -0.05) is 27.7 Å². The highest BCUT2D eigenvalue weighted by Crippen LogP contribution is 2.31. The molecule has 1 aromatic rings. The van der Waals surface area contributed by atoms with E-state index in [4.69, 9.17) is 0 Å². The largest absolute Gasteiger partial charge is 0.309 e. The lowest BCUT2D eigenvalue weighted by atomic mass is 9.81. The van der Waals surface area contributed by atoms with Gasteiger partial charge in [-0.15, -0.1) is 0 Å². The van der Waals surface area contributed by atoms with Gasteiger partial charge in [0.25, 0.3) is 0 Å². The van der Waals surface area contributed by atoms with Crippen molar-refractivity contribution in [3.63, 3.8) is 0 Å². The summed E-state index contributed by atoms with van der Waals surface area (Å²) < 4.78 is 2.03. The van der Waals surface area contributed by atoms with Crippen molar-refractivity contribution in [3.8, 4) is 0 Å². The van der Waals surface area contributed by atoms with Gasteiger partial charge in [0.1, 0.15) is 0 Å². The van der Waals surface area contributed by atoms with Gasteiger partial charge in [-0.2, -0.15) is 5.10 Å². The van der Waals surface area contributed by atoms with Gasteiger partial charge in [0.05, 0.1) is 11.4 Å². The van der Waals surface area contributed by atoms with Crippen molar-refractivity contribution in [1.29, 1.82) is 0 Å². The SMILES string of the molecule is CCC1(C)CN(Cc2cc(C)nn2C)C(C(C)(C)C)CN1. The first kappa shape index (κ1) is 16.5. The molecule has 4 heteroatoms. The van der Waals surface area contributed by atoms with Crippen LogP contribution in [-0.2, 0) is 13.6 Å². The molecular weight excluding hydrogens is 260 g/mol. The third-order valence-electron chi connectivity index (χ3n) is 4.96. The van der Waals surface area contributed by atoms with E-state index in [1.807, 2.05) is 4.68 Å². The zero-order chi connectivity index (χ0) is 15.8. The second-order valence-electron chi connectivity index (χ2n) is 7.98. The van der Waals surface area contributed by atoms with Gasteiger partial charge < -0.3 is 5.32 Å². The van der Waals surface area contributed by atoms with Crippen LogP contribution in [-0.4, -0.2) is 39.4 Å². The summed E-state index contributed by atoms with van der Waals surface area (Å²) in [7, 11) is 2.05. The zero-order valence-electron chi connectivity index (χ0n) is 14.8. The van der Waals surface area contributed by atoms with E-state index in [1.165, 1.54) is 5.69 Å². The Morgan fingerprint density at radius 3 is 2.57 bits per heavy atom. The standard InChI is InChI=1S/C17H32N4/c1-8-17(6)12-21(15(10-18-17)16(3,4)5)11-14-9-13(2)19-20(14)7/h9,15,18H,8,10-12H2,1-7H3. The van der Waals surface area contributed by atoms with Gasteiger partial charge in [-0.3, -0.25) is 9.58 Å². The van der Waals surface area contributed by atoms with Crippen molar-refractivity contribution in [2.75, 3.05) is 13.1 Å². The molecule has 0 bridgehead atoms. The fourth-order valence-corrected chi connectivity index (χ4v) is 3.36. The van der Waals surface area contributed by atoms with E-state index in [1.54, 1.807) is 0 Å². The molecule has 1 aliphatic heterocycles. The molecule has 0 aromatic carbocycles. The molecule has 0 saturated carbocycles. The van der Waals surface area contributed by atoms with E-state index in [0.717, 1.165) is 31.7 Å². The predicted molar refractivity (Wildman–Crippen MR) is 88.3 cm³/mol. The quantitative estimate of drug-likeness (QED) is 0.930. The zero-order valence-corrected chi connectivity index (χ0v) is 14.8. The lowest BCUT2D eigenvalue weighted by molar-refractivity contribution is 0.0189. The number of aromatic nitrogens is 2. The molecule has 0 aliphatic carbocycles. The Morgan fingerprint density at radius 1 is 1.43 bits per heavy atom. The molecule has 1 N–H and O–H groups in total. The number of aryl methyl sites for hydroxylation is 2. The van der Waals surface area contributed by atoms with Crippen LogP contribution >= 0.6 is 0 Å². The molecule has 1 saturated heterocycles. The average Bonchev–Trinajstić information content (AvgIpc) is 2.66. The maximum Gasteiger partial charge on any atom is 0.0597 e. The molecule has 4 nitrogen and oxygen atoms in total. The van der Waals surface area contributed by atoms with E-state index in [-0.39, 0.29) is 11.0 Å². The third-order valence-corrected chi connectivity index (χ3v) is 4.96. The lowest BCUT2D eigenvalue weighted by Gasteiger charge is -2.50. The molecule has 0 spiro atoms. The maximum absolute atomic E-state index is 4.49. The minimum atomic E-state index is 0.218. The third kappa shape index (κ3) is 3.67. The summed E-state index contributed by atoms with van der Waals surface area (Å²) in [5, 5.41) is 8.27. The summed E-state index contributed by atoms with van der Waals surface area (Å²) in [6.07, 6.45) is 1.16. The molecule has 2 rings (SSSR count). The molecule has 21 heavy (non-hydrogen) atoms. The topological polar surface area (TPSA) is 33.1 Å². The Hall–Kier alpha value is -0.870. The van der Waals surface area contributed by atoms with Gasteiger partial charge in [-0.25, -0.2) is 0 Å². The maximum atomic E-state index is 4.49. The summed E-state index contributed by atoms with van der Waals surface area (Å²) in [4.78, 5) is 2.65. The van der Waals surface area contributed by atoms with Crippen LogP contribution in [0.15, 0.2) is 6.07 Å². The van der Waals surface area contributed by atoms with Crippen LogP contribution in [0.1, 0.15) is 52.4 Å². The second kappa shape index (κ2) is 5.73. The summed E-state index contributed by atoms with van der Waals surface area (Å²) in [6, 6.07) is 2.76. The summed E-state index contributed by atoms with van der Waals surface area (Å²) >= 11 is 0. The van der Waals surface area contributed by atoms with E-state index in [2.05, 4.69) is 70.0 Å². The number of rotatable bonds is 3. The van der Waals surface area contributed by atoms with Gasteiger partial charge >= 0.3 is 0 Å². The van der Waals surface area contributed by atoms with Gasteiger partial charge in [0.15, 0.2) is 0 Å². The summed E-state index contributed by atoms with van der Waals surface area (Å²) in [5.74, 6) is 0. The van der Waals surface area contributed by atoms with Crippen molar-refractivity contribution in [2.45, 2.75) is 66.1 Å². The normalized spacial score (nSPS) is 28.0. The second-order valence-corrected chi connectivity index (χ2v) is 7.98. The molecule has 1 aromatic heterocycles. The molecule has 1 fully saturated rings. The number of hydrogen-bond donors (Lipinski definition) is 1. The fraction of sp³-hybridized carbons (Fsp3) is 0.824. The molecule has 1 aliphatic rings. The van der Waals surface area contributed by atoms with Crippen molar-refractivity contribution < 1.29 is 0 Å². The van der Waals surface area contributed by atoms with Crippen LogP contribution in [0, 0.1) is 12.3 Å². The monoisotopic (exact) mass is 292 g/mol. The average molecular weight is 292 g/mol. The Morgan fingerprint density at radius 2 is 2.10 bits per heavy atom. The number of piperazine rings is 1. The van der Waals surface area contributed by atoms with Crippen LogP contribution < -0.4 is 5.32 Å². The molecule has 120 valence electrons. The van der Waals surface area contributed by atoms with Crippen LogP contribution in [0.3, 0.4) is 0 Å². The van der Waals surface area contributed by atoms with Crippen LogP contribution in [0.2, 0.25) is 0 Å². The van der Waals surface area contributed by atoms with E-state index in [0.29, 0.717) is 6.04 Å². The van der Waals surface area contributed by atoms with E-state index in [9.17, 15) is 0 Å². The van der Waals surface area contributed by atoms with Crippen LogP contribution in [0.25, 0.3) is 0 Å². The highest BCUT2D eigenvalue weighted by molar-refractivity contribution is 5.10. The number of nitrogens with zero attached hydrogens (tertiary/aromatic N) is 3. The molecule has 2 unspecified atom stereocenters. The number of hydrogen-bond acceptors (Lipinski definition) is 3. The minimum Gasteiger partial charge on any atom is -0.309 e. The number of nitrogens with one attached hydrogen (secondary N) is 1. The first-order valence-corrected chi connectivity index (χ1v) is 8.13.